The summed E-state index contributed by atoms with van der Waals surface area (Å²) in [5.41, 5.74) is 6.67. The van der Waals surface area contributed by atoms with E-state index in [1.165, 1.54) is 0 Å². The first-order valence-corrected chi connectivity index (χ1v) is 5.92. The van der Waals surface area contributed by atoms with Gasteiger partial charge in [-0.25, -0.2) is 0 Å². The van der Waals surface area contributed by atoms with Gasteiger partial charge in [0.2, 0.25) is 5.91 Å². The Kier molecular flexibility index (Phi) is 6.14. The van der Waals surface area contributed by atoms with Crippen molar-refractivity contribution < 1.29 is 13.9 Å². The quantitative estimate of drug-likeness (QED) is 0.715. The second-order valence-electron chi connectivity index (χ2n) is 3.96. The molecule has 0 radical (unpaired) electrons. The van der Waals surface area contributed by atoms with E-state index in [9.17, 15) is 9.18 Å². The number of rotatable bonds is 7. The Balaban J connectivity index is 2.47. The van der Waals surface area contributed by atoms with Crippen molar-refractivity contribution in [1.29, 1.82) is 0 Å². The fraction of sp³-hybridized carbons (Fsp3) is 0.462. The summed E-state index contributed by atoms with van der Waals surface area (Å²) in [6.07, 6.45) is 0.869. The van der Waals surface area contributed by atoms with Crippen LogP contribution in [0.3, 0.4) is 0 Å². The highest BCUT2D eigenvalue weighted by atomic mass is 19.1. The van der Waals surface area contributed by atoms with Crippen LogP contribution >= 0.6 is 0 Å². The van der Waals surface area contributed by atoms with Crippen LogP contribution in [0.5, 0.6) is 5.75 Å². The lowest BCUT2D eigenvalue weighted by Crippen LogP contribution is -2.40. The number of alkyl halides is 1. The number of amides is 1. The molecule has 1 aromatic carbocycles. The van der Waals surface area contributed by atoms with Gasteiger partial charge in [-0.3, -0.25) is 9.18 Å². The Morgan fingerprint density at radius 1 is 1.44 bits per heavy atom. The summed E-state index contributed by atoms with van der Waals surface area (Å²) in [6.45, 7) is -0.00727. The van der Waals surface area contributed by atoms with E-state index in [4.69, 9.17) is 10.5 Å². The summed E-state index contributed by atoms with van der Waals surface area (Å²) in [6, 6.07) is 6.75. The number of ether oxygens (including phenoxy) is 1. The van der Waals surface area contributed by atoms with E-state index in [1.807, 2.05) is 12.1 Å². The van der Waals surface area contributed by atoms with E-state index in [0.29, 0.717) is 25.2 Å². The van der Waals surface area contributed by atoms with Crippen LogP contribution in [-0.4, -0.2) is 32.3 Å². The van der Waals surface area contributed by atoms with E-state index in [-0.39, 0.29) is 12.6 Å². The van der Waals surface area contributed by atoms with Gasteiger partial charge in [0.1, 0.15) is 5.75 Å². The van der Waals surface area contributed by atoms with Crippen LogP contribution in [0.4, 0.5) is 4.39 Å². The Morgan fingerprint density at radius 3 is 2.67 bits per heavy atom. The molecule has 0 saturated heterocycles. The number of carbonyl (C=O) groups is 1. The molecule has 1 rings (SSSR count). The molecule has 1 amide bonds. The Labute approximate surface area is 106 Å². The molecule has 1 aromatic rings. The van der Waals surface area contributed by atoms with Crippen LogP contribution in [0.1, 0.15) is 12.0 Å². The Morgan fingerprint density at radius 2 is 2.11 bits per heavy atom. The zero-order valence-electron chi connectivity index (χ0n) is 10.5. The highest BCUT2D eigenvalue weighted by Crippen LogP contribution is 2.13. The molecule has 0 aliphatic carbocycles. The average molecular weight is 254 g/mol. The molecular weight excluding hydrogens is 235 g/mol. The summed E-state index contributed by atoms with van der Waals surface area (Å²) in [5, 5.41) is 2.51. The molecule has 0 fully saturated rings. The lowest BCUT2D eigenvalue weighted by molar-refractivity contribution is -0.121. The van der Waals surface area contributed by atoms with Gasteiger partial charge in [-0.15, -0.1) is 0 Å². The molecule has 1 atom stereocenters. The van der Waals surface area contributed by atoms with Crippen LogP contribution in [0.2, 0.25) is 0 Å². The summed E-state index contributed by atoms with van der Waals surface area (Å²) in [7, 11) is 1.56. The minimum absolute atomic E-state index is 0.182. The van der Waals surface area contributed by atoms with Gasteiger partial charge in [0.25, 0.3) is 0 Å². The zero-order chi connectivity index (χ0) is 13.4. The standard InChI is InChI=1S/C13H19FN2O2/c1-16-13(17)12(15)9-10-3-5-11(6-4-10)18-8-2-7-14/h3-6,12H,2,7-9,15H2,1H3,(H,16,17)/t12-/m0/s1. The molecule has 0 aliphatic rings. The van der Waals surface area contributed by atoms with Crippen LogP contribution in [-0.2, 0) is 11.2 Å². The van der Waals surface area contributed by atoms with Gasteiger partial charge in [0.05, 0.1) is 19.3 Å². The summed E-state index contributed by atoms with van der Waals surface area (Å²) in [4.78, 5) is 11.3. The maximum atomic E-state index is 11.9. The van der Waals surface area contributed by atoms with E-state index < -0.39 is 6.04 Å². The van der Waals surface area contributed by atoms with Gasteiger partial charge in [0.15, 0.2) is 0 Å². The molecule has 0 saturated carbocycles. The van der Waals surface area contributed by atoms with Crippen LogP contribution in [0.15, 0.2) is 24.3 Å². The van der Waals surface area contributed by atoms with Gasteiger partial charge in [-0.2, -0.15) is 0 Å². The lowest BCUT2D eigenvalue weighted by atomic mass is 10.1. The number of hydrogen-bond donors (Lipinski definition) is 2. The normalized spacial score (nSPS) is 11.9. The van der Waals surface area contributed by atoms with Crippen molar-refractivity contribution in [2.24, 2.45) is 5.73 Å². The number of carbonyl (C=O) groups excluding carboxylic acids is 1. The number of likely N-dealkylation sites (N-methyl/N-ethyl adjacent to an activating group) is 1. The monoisotopic (exact) mass is 254 g/mol. The number of benzene rings is 1. The molecule has 4 nitrogen and oxygen atoms in total. The smallest absolute Gasteiger partial charge is 0.237 e. The molecule has 5 heteroatoms. The molecule has 0 bridgehead atoms. The van der Waals surface area contributed by atoms with Crippen molar-refractivity contribution in [2.45, 2.75) is 18.9 Å². The maximum absolute atomic E-state index is 11.9. The van der Waals surface area contributed by atoms with Crippen LogP contribution < -0.4 is 15.8 Å². The fourth-order valence-corrected chi connectivity index (χ4v) is 1.50. The molecule has 0 aliphatic heterocycles. The van der Waals surface area contributed by atoms with Gasteiger partial charge in [-0.1, -0.05) is 12.1 Å². The zero-order valence-corrected chi connectivity index (χ0v) is 10.5. The minimum Gasteiger partial charge on any atom is -0.494 e. The highest BCUT2D eigenvalue weighted by Gasteiger charge is 2.11. The van der Waals surface area contributed by atoms with Crippen molar-refractivity contribution in [3.8, 4) is 5.75 Å². The first-order valence-electron chi connectivity index (χ1n) is 5.92. The topological polar surface area (TPSA) is 64.4 Å². The minimum atomic E-state index is -0.548. The molecule has 3 N–H and O–H groups in total. The molecule has 100 valence electrons. The van der Waals surface area contributed by atoms with Gasteiger partial charge >= 0.3 is 0 Å². The average Bonchev–Trinajstić information content (AvgIpc) is 2.40. The predicted octanol–water partition coefficient (Wildman–Crippen LogP) is 1.04. The Bertz CT molecular complexity index is 368. The molecule has 0 heterocycles. The van der Waals surface area contributed by atoms with Gasteiger partial charge < -0.3 is 15.8 Å². The van der Waals surface area contributed by atoms with Crippen molar-refractivity contribution in [3.05, 3.63) is 29.8 Å². The molecule has 0 aromatic heterocycles. The second-order valence-corrected chi connectivity index (χ2v) is 3.96. The van der Waals surface area contributed by atoms with Crippen molar-refractivity contribution >= 4 is 5.91 Å². The van der Waals surface area contributed by atoms with Gasteiger partial charge in [-0.05, 0) is 24.1 Å². The SMILES string of the molecule is CNC(=O)[C@@H](N)Cc1ccc(OCCCF)cc1. The summed E-state index contributed by atoms with van der Waals surface area (Å²) in [5.74, 6) is 0.513. The van der Waals surface area contributed by atoms with Crippen molar-refractivity contribution in [1.82, 2.24) is 5.32 Å². The van der Waals surface area contributed by atoms with E-state index in [1.54, 1.807) is 19.2 Å². The van der Waals surface area contributed by atoms with E-state index in [0.717, 1.165) is 5.56 Å². The highest BCUT2D eigenvalue weighted by molar-refractivity contribution is 5.81. The Hall–Kier alpha value is -1.62. The van der Waals surface area contributed by atoms with Crippen LogP contribution in [0, 0.1) is 0 Å². The third kappa shape index (κ3) is 4.71. The molecule has 0 unspecified atom stereocenters. The van der Waals surface area contributed by atoms with Crippen molar-refractivity contribution in [3.63, 3.8) is 0 Å². The number of halogens is 1. The predicted molar refractivity (Wildman–Crippen MR) is 68.3 cm³/mol. The molecule has 18 heavy (non-hydrogen) atoms. The summed E-state index contributed by atoms with van der Waals surface area (Å²) >= 11 is 0. The second kappa shape index (κ2) is 7.66. The molecular formula is C13H19FN2O2. The summed E-state index contributed by atoms with van der Waals surface area (Å²) < 4.78 is 17.2. The van der Waals surface area contributed by atoms with Gasteiger partial charge in [0, 0.05) is 13.5 Å². The molecule has 0 spiro atoms. The fourth-order valence-electron chi connectivity index (χ4n) is 1.50. The third-order valence-electron chi connectivity index (χ3n) is 2.51. The van der Waals surface area contributed by atoms with E-state index in [2.05, 4.69) is 5.32 Å². The largest absolute Gasteiger partial charge is 0.494 e. The lowest BCUT2D eigenvalue weighted by Gasteiger charge is -2.10. The maximum Gasteiger partial charge on any atom is 0.237 e. The third-order valence-corrected chi connectivity index (χ3v) is 2.51. The first kappa shape index (κ1) is 14.4. The number of hydrogen-bond acceptors (Lipinski definition) is 3. The first-order chi connectivity index (χ1) is 8.67. The van der Waals surface area contributed by atoms with Crippen LogP contribution in [0.25, 0.3) is 0 Å². The number of nitrogens with two attached hydrogens (primary N) is 1. The number of nitrogens with one attached hydrogen (secondary N) is 1. The van der Waals surface area contributed by atoms with E-state index >= 15 is 0 Å². The van der Waals surface area contributed by atoms with Crippen molar-refractivity contribution in [2.75, 3.05) is 20.3 Å².